The highest BCUT2D eigenvalue weighted by Gasteiger charge is 2.08. The third-order valence-corrected chi connectivity index (χ3v) is 0.498. The summed E-state index contributed by atoms with van der Waals surface area (Å²) in [7, 11) is 10.8. The maximum atomic E-state index is 10.1. The summed E-state index contributed by atoms with van der Waals surface area (Å²) in [4.78, 5) is 12.1. The van der Waals surface area contributed by atoms with E-state index in [1.54, 1.807) is 0 Å². The van der Waals surface area contributed by atoms with Crippen LogP contribution in [-0.4, -0.2) is 45.2 Å². The van der Waals surface area contributed by atoms with E-state index in [0.717, 1.165) is 0 Å². The second-order valence-electron chi connectivity index (χ2n) is 4.08. The van der Waals surface area contributed by atoms with E-state index in [1.165, 1.54) is 0 Å². The van der Waals surface area contributed by atoms with Gasteiger partial charge >= 0.3 is 0 Å². The van der Waals surface area contributed by atoms with Crippen LogP contribution in [0.3, 0.4) is 0 Å². The molecule has 0 rings (SSSR count). The SMILES string of the molecule is CN(C)C.[B]C(=O)NC(C)(C)C. The molecule has 12 heavy (non-hydrogen) atoms. The number of amides is 1. The smallest absolute Gasteiger partial charge is 0.200 e. The second-order valence-corrected chi connectivity index (χ2v) is 4.08. The molecule has 0 aliphatic rings. The van der Waals surface area contributed by atoms with Crippen molar-refractivity contribution in [1.29, 1.82) is 0 Å². The molecule has 3 nitrogen and oxygen atoms in total. The molecular formula is C8H19BN2O. The van der Waals surface area contributed by atoms with Crippen LogP contribution in [0.15, 0.2) is 0 Å². The highest BCUT2D eigenvalue weighted by atomic mass is 16.1. The molecule has 0 saturated carbocycles. The van der Waals surface area contributed by atoms with Gasteiger partial charge in [-0.25, -0.2) is 0 Å². The number of nitrogens with zero attached hydrogens (tertiary/aromatic N) is 1. The molecule has 4 heteroatoms. The van der Waals surface area contributed by atoms with Gasteiger partial charge in [-0.1, -0.05) is 0 Å². The van der Waals surface area contributed by atoms with Gasteiger partial charge in [-0.15, -0.1) is 0 Å². The highest BCUT2D eigenvalue weighted by molar-refractivity contribution is 6.57. The van der Waals surface area contributed by atoms with Crippen LogP contribution in [0.5, 0.6) is 0 Å². The van der Waals surface area contributed by atoms with Crippen molar-refractivity contribution in [3.05, 3.63) is 0 Å². The van der Waals surface area contributed by atoms with Gasteiger partial charge in [0, 0.05) is 5.54 Å². The molecule has 0 atom stereocenters. The topological polar surface area (TPSA) is 32.3 Å². The monoisotopic (exact) mass is 170 g/mol. The normalized spacial score (nSPS) is 10.2. The minimum atomic E-state index is -0.475. The van der Waals surface area contributed by atoms with Gasteiger partial charge in [-0.3, -0.25) is 4.79 Å². The number of carbonyl (C=O) groups is 1. The molecule has 0 saturated heterocycles. The molecule has 2 radical (unpaired) electrons. The molecule has 0 fully saturated rings. The first-order chi connectivity index (χ1) is 5.15. The van der Waals surface area contributed by atoms with E-state index in [-0.39, 0.29) is 5.54 Å². The molecule has 70 valence electrons. The van der Waals surface area contributed by atoms with Crippen LogP contribution in [0.1, 0.15) is 20.8 Å². The lowest BCUT2D eigenvalue weighted by molar-refractivity contribution is 0.252. The first-order valence-electron chi connectivity index (χ1n) is 3.83. The number of hydrogen-bond donors (Lipinski definition) is 1. The fourth-order valence-electron chi connectivity index (χ4n) is 0.370. The predicted molar refractivity (Wildman–Crippen MR) is 53.6 cm³/mol. The second kappa shape index (κ2) is 6.06. The Hall–Kier alpha value is -0.505. The summed E-state index contributed by atoms with van der Waals surface area (Å²) in [6, 6.07) is 0. The van der Waals surface area contributed by atoms with Crippen LogP contribution in [0, 0.1) is 0 Å². The zero-order valence-electron chi connectivity index (χ0n) is 8.93. The van der Waals surface area contributed by atoms with Gasteiger partial charge in [-0.2, -0.15) is 0 Å². The largest absolute Gasteiger partial charge is 0.361 e. The van der Waals surface area contributed by atoms with Gasteiger partial charge < -0.3 is 10.2 Å². The van der Waals surface area contributed by atoms with Gasteiger partial charge in [0.2, 0.25) is 7.85 Å². The van der Waals surface area contributed by atoms with Crippen LogP contribution >= 0.6 is 0 Å². The van der Waals surface area contributed by atoms with Crippen LogP contribution in [0.4, 0.5) is 4.79 Å². The molecule has 0 aliphatic heterocycles. The maximum absolute atomic E-state index is 10.1. The quantitative estimate of drug-likeness (QED) is 0.546. The lowest BCUT2D eigenvalue weighted by Crippen LogP contribution is -2.39. The van der Waals surface area contributed by atoms with Crippen LogP contribution in [0.25, 0.3) is 0 Å². The fraction of sp³-hybridized carbons (Fsp3) is 0.875. The molecule has 0 spiro atoms. The Morgan fingerprint density at radius 2 is 1.50 bits per heavy atom. The van der Waals surface area contributed by atoms with Crippen molar-refractivity contribution in [2.45, 2.75) is 26.3 Å². The molecular weight excluding hydrogens is 151 g/mol. The Morgan fingerprint density at radius 1 is 1.25 bits per heavy atom. The van der Waals surface area contributed by atoms with Gasteiger partial charge in [0.1, 0.15) is 0 Å². The van der Waals surface area contributed by atoms with Crippen molar-refractivity contribution in [2.24, 2.45) is 0 Å². The van der Waals surface area contributed by atoms with Crippen molar-refractivity contribution in [3.8, 4) is 0 Å². The molecule has 1 amide bonds. The van der Waals surface area contributed by atoms with Gasteiger partial charge in [0.25, 0.3) is 0 Å². The van der Waals surface area contributed by atoms with Crippen molar-refractivity contribution >= 4 is 13.7 Å². The van der Waals surface area contributed by atoms with Crippen molar-refractivity contribution < 1.29 is 4.79 Å². The Kier molecular flexibility index (Phi) is 7.09. The van der Waals surface area contributed by atoms with Crippen molar-refractivity contribution in [2.75, 3.05) is 21.1 Å². The van der Waals surface area contributed by atoms with Crippen LogP contribution in [-0.2, 0) is 0 Å². The molecule has 0 unspecified atom stereocenters. The third kappa shape index (κ3) is 33.9. The average molecular weight is 170 g/mol. The minimum absolute atomic E-state index is 0.203. The summed E-state index contributed by atoms with van der Waals surface area (Å²) in [6.07, 6.45) is 0. The summed E-state index contributed by atoms with van der Waals surface area (Å²) < 4.78 is 0. The molecule has 0 aromatic carbocycles. The maximum Gasteiger partial charge on any atom is 0.200 e. The van der Waals surface area contributed by atoms with E-state index in [4.69, 9.17) is 7.85 Å². The van der Waals surface area contributed by atoms with Crippen molar-refractivity contribution in [1.82, 2.24) is 10.2 Å². The van der Waals surface area contributed by atoms with E-state index in [2.05, 4.69) is 5.32 Å². The van der Waals surface area contributed by atoms with Crippen molar-refractivity contribution in [3.63, 3.8) is 0 Å². The van der Waals surface area contributed by atoms with Gasteiger partial charge in [0.05, 0.1) is 0 Å². The fourth-order valence-corrected chi connectivity index (χ4v) is 0.370. The molecule has 1 N–H and O–H groups in total. The predicted octanol–water partition coefficient (Wildman–Crippen LogP) is 0.841. The summed E-state index contributed by atoms with van der Waals surface area (Å²) in [6.45, 7) is 5.62. The standard InChI is InChI=1S/C5H10BNO.C3H9N/c1-5(2,3)7-4(6)8;1-4(2)3/h1-3H3,(H,7,8);1-3H3. The van der Waals surface area contributed by atoms with E-state index < -0.39 is 5.81 Å². The summed E-state index contributed by atoms with van der Waals surface area (Å²) in [5.41, 5.74) is -0.203. The van der Waals surface area contributed by atoms with E-state index in [9.17, 15) is 4.79 Å². The van der Waals surface area contributed by atoms with Crippen LogP contribution in [0.2, 0.25) is 0 Å². The average Bonchev–Trinajstić information content (AvgIpc) is 1.52. The highest BCUT2D eigenvalue weighted by Crippen LogP contribution is 1.96. The molecule has 0 heterocycles. The number of hydrogen-bond acceptors (Lipinski definition) is 2. The molecule has 0 aromatic rings. The molecule has 0 bridgehead atoms. The zero-order valence-corrected chi connectivity index (χ0v) is 8.93. The number of rotatable bonds is 0. The van der Waals surface area contributed by atoms with Gasteiger partial charge in [0.15, 0.2) is 5.81 Å². The lowest BCUT2D eigenvalue weighted by Gasteiger charge is -2.18. The van der Waals surface area contributed by atoms with E-state index in [1.807, 2.05) is 46.8 Å². The summed E-state index contributed by atoms with van der Waals surface area (Å²) in [5, 5.41) is 2.52. The zero-order chi connectivity index (χ0) is 10.4. The Bertz CT molecular complexity index is 127. The molecule has 0 aliphatic carbocycles. The molecule has 0 aromatic heterocycles. The number of carbonyl (C=O) groups excluding carboxylic acids is 1. The first kappa shape index (κ1) is 14.0. The Labute approximate surface area is 76.9 Å². The summed E-state index contributed by atoms with van der Waals surface area (Å²) >= 11 is 0. The first-order valence-corrected chi connectivity index (χ1v) is 3.83. The Morgan fingerprint density at radius 3 is 1.50 bits per heavy atom. The lowest BCUT2D eigenvalue weighted by atomic mass is 10.0. The Balaban J connectivity index is 0. The van der Waals surface area contributed by atoms with E-state index >= 15 is 0 Å². The van der Waals surface area contributed by atoms with Crippen LogP contribution < -0.4 is 5.32 Å². The van der Waals surface area contributed by atoms with E-state index in [0.29, 0.717) is 0 Å². The number of nitrogens with one attached hydrogen (secondary N) is 1. The summed E-state index contributed by atoms with van der Waals surface area (Å²) in [5.74, 6) is -0.475. The third-order valence-electron chi connectivity index (χ3n) is 0.498. The van der Waals surface area contributed by atoms with Gasteiger partial charge in [-0.05, 0) is 41.9 Å². The minimum Gasteiger partial charge on any atom is -0.361 e.